The lowest BCUT2D eigenvalue weighted by molar-refractivity contribution is 0.443. The van der Waals surface area contributed by atoms with Gasteiger partial charge < -0.3 is 19.3 Å². The van der Waals surface area contributed by atoms with Crippen LogP contribution in [0.2, 0.25) is 0 Å². The molecule has 0 aromatic heterocycles. The number of hydrogen-bond acceptors (Lipinski definition) is 6. The van der Waals surface area contributed by atoms with Gasteiger partial charge in [-0.3, -0.25) is 0 Å². The molecule has 3 aliphatic rings. The first-order valence-corrected chi connectivity index (χ1v) is 19.2. The zero-order valence-corrected chi connectivity index (χ0v) is 30.7. The van der Waals surface area contributed by atoms with Crippen LogP contribution >= 0.6 is 0 Å². The lowest BCUT2D eigenvalue weighted by atomic mass is 9.78. The smallest absolute Gasteiger partial charge is 0.151 e. The lowest BCUT2D eigenvalue weighted by Crippen LogP contribution is -2.24. The fourth-order valence-electron chi connectivity index (χ4n) is 8.72. The van der Waals surface area contributed by atoms with Gasteiger partial charge in [-0.15, -0.1) is 0 Å². The third-order valence-electron chi connectivity index (χ3n) is 11.3. The molecule has 0 radical (unpaired) electrons. The van der Waals surface area contributed by atoms with Crippen LogP contribution in [0.15, 0.2) is 152 Å². The highest BCUT2D eigenvalue weighted by molar-refractivity contribution is 6.04. The van der Waals surface area contributed by atoms with Crippen LogP contribution in [0.25, 0.3) is 22.3 Å². The highest BCUT2D eigenvalue weighted by Crippen LogP contribution is 2.62. The molecule has 6 heteroatoms. The molecule has 0 saturated heterocycles. The van der Waals surface area contributed by atoms with Crippen molar-refractivity contribution in [3.8, 4) is 57.4 Å². The molecule has 56 heavy (non-hydrogen) atoms. The summed E-state index contributed by atoms with van der Waals surface area (Å²) < 4.78 is 13.2. The standard InChI is InChI=1S/C50H36N4O2/c51-31-33-22-26-35(27-23-33)38-30-39(36-28-24-34(32-52)25-29-36)50(54-42-16-6-10-20-46(42)56-47-21-11-7-17-43(47)54)48(37-12-2-1-3-13-37)49(38)53-40-14-4-8-18-44(40)55-45-19-9-5-15-41(45)53/h4-11,14-30,37H,1-3,12-13H2. The number of benzene rings is 7. The molecule has 1 aliphatic carbocycles. The maximum Gasteiger partial charge on any atom is 0.151 e. The normalized spacial score (nSPS) is 14.2. The molecule has 0 N–H and O–H groups in total. The minimum Gasteiger partial charge on any atom is -0.453 e. The summed E-state index contributed by atoms with van der Waals surface area (Å²) in [5.74, 6) is 3.34. The predicted molar refractivity (Wildman–Crippen MR) is 222 cm³/mol. The maximum atomic E-state index is 9.86. The molecular formula is C50H36N4O2. The quantitative estimate of drug-likeness (QED) is 0.176. The van der Waals surface area contributed by atoms with E-state index in [4.69, 9.17) is 9.47 Å². The number of hydrogen-bond donors (Lipinski definition) is 0. The predicted octanol–water partition coefficient (Wildman–Crippen LogP) is 14.0. The molecule has 2 aliphatic heterocycles. The maximum absolute atomic E-state index is 9.86. The van der Waals surface area contributed by atoms with Crippen LogP contribution in [0.1, 0.15) is 54.7 Å². The molecule has 10 rings (SSSR count). The van der Waals surface area contributed by atoms with Gasteiger partial charge in [0.25, 0.3) is 0 Å². The first-order valence-electron chi connectivity index (χ1n) is 19.2. The van der Waals surface area contributed by atoms with E-state index in [2.05, 4.69) is 101 Å². The Labute approximate surface area is 326 Å². The van der Waals surface area contributed by atoms with E-state index in [1.165, 1.54) is 12.0 Å². The SMILES string of the molecule is N#Cc1ccc(-c2cc(-c3ccc(C#N)cc3)c(N3c4ccccc4Oc4ccccc43)c(C3CCCCC3)c2N2c3ccccc3Oc3ccccc32)cc1. The van der Waals surface area contributed by atoms with Gasteiger partial charge in [-0.25, -0.2) is 0 Å². The highest BCUT2D eigenvalue weighted by atomic mass is 16.5. The molecule has 6 nitrogen and oxygen atoms in total. The molecule has 1 saturated carbocycles. The molecule has 0 spiro atoms. The Hall–Kier alpha value is -7.28. The Kier molecular flexibility index (Phi) is 8.24. The summed E-state index contributed by atoms with van der Waals surface area (Å²) in [6, 6.07) is 56.0. The summed E-state index contributed by atoms with van der Waals surface area (Å²) in [5.41, 5.74) is 12.5. The van der Waals surface area contributed by atoms with Gasteiger partial charge >= 0.3 is 0 Å². The van der Waals surface area contributed by atoms with Crippen molar-refractivity contribution in [1.29, 1.82) is 10.5 Å². The lowest BCUT2D eigenvalue weighted by Gasteiger charge is -2.42. The second-order valence-electron chi connectivity index (χ2n) is 14.5. The Bertz CT molecular complexity index is 2450. The van der Waals surface area contributed by atoms with Crippen molar-refractivity contribution >= 4 is 34.1 Å². The van der Waals surface area contributed by atoms with Gasteiger partial charge in [0, 0.05) is 16.7 Å². The number of nitriles is 2. The molecule has 2 heterocycles. The Morgan fingerprint density at radius 1 is 0.446 bits per heavy atom. The Morgan fingerprint density at radius 2 is 0.804 bits per heavy atom. The summed E-state index contributed by atoms with van der Waals surface area (Å²) in [6.45, 7) is 0. The van der Waals surface area contributed by atoms with Gasteiger partial charge in [-0.1, -0.05) is 92.1 Å². The van der Waals surface area contributed by atoms with Crippen molar-refractivity contribution in [3.05, 3.63) is 168 Å². The molecule has 0 bridgehead atoms. The van der Waals surface area contributed by atoms with E-state index in [1.807, 2.05) is 72.8 Å². The summed E-state index contributed by atoms with van der Waals surface area (Å²) in [6.07, 6.45) is 5.52. The number of ether oxygens (including phenoxy) is 2. The van der Waals surface area contributed by atoms with Crippen molar-refractivity contribution in [3.63, 3.8) is 0 Å². The fraction of sp³-hybridized carbons (Fsp3) is 0.120. The number of anilines is 6. The van der Waals surface area contributed by atoms with E-state index in [-0.39, 0.29) is 5.92 Å². The Morgan fingerprint density at radius 3 is 1.16 bits per heavy atom. The van der Waals surface area contributed by atoms with Crippen LogP contribution in [0.3, 0.4) is 0 Å². The van der Waals surface area contributed by atoms with Crippen molar-refractivity contribution in [2.24, 2.45) is 0 Å². The van der Waals surface area contributed by atoms with E-state index in [1.54, 1.807) is 0 Å². The number of para-hydroxylation sites is 8. The third-order valence-corrected chi connectivity index (χ3v) is 11.3. The summed E-state index contributed by atoms with van der Waals surface area (Å²) in [5, 5.41) is 19.7. The summed E-state index contributed by atoms with van der Waals surface area (Å²) >= 11 is 0. The molecule has 1 fully saturated rings. The third kappa shape index (κ3) is 5.54. The van der Waals surface area contributed by atoms with Gasteiger partial charge in [0.05, 0.1) is 57.4 Å². The van der Waals surface area contributed by atoms with Crippen molar-refractivity contribution < 1.29 is 9.47 Å². The highest BCUT2D eigenvalue weighted by Gasteiger charge is 2.38. The minimum atomic E-state index is 0.202. The topological polar surface area (TPSA) is 72.5 Å². The largest absolute Gasteiger partial charge is 0.453 e. The second kappa shape index (κ2) is 13.9. The second-order valence-corrected chi connectivity index (χ2v) is 14.5. The van der Waals surface area contributed by atoms with Crippen LogP contribution < -0.4 is 19.3 Å². The van der Waals surface area contributed by atoms with Crippen molar-refractivity contribution in [2.75, 3.05) is 9.80 Å². The van der Waals surface area contributed by atoms with Crippen LogP contribution in [-0.2, 0) is 0 Å². The van der Waals surface area contributed by atoms with Crippen LogP contribution in [0, 0.1) is 22.7 Å². The average molecular weight is 725 g/mol. The van der Waals surface area contributed by atoms with Gasteiger partial charge in [-0.05, 0) is 109 Å². The fourth-order valence-corrected chi connectivity index (χ4v) is 8.72. The zero-order valence-electron chi connectivity index (χ0n) is 30.7. The van der Waals surface area contributed by atoms with E-state index in [0.29, 0.717) is 11.1 Å². The van der Waals surface area contributed by atoms with Crippen LogP contribution in [0.5, 0.6) is 23.0 Å². The van der Waals surface area contributed by atoms with E-state index in [9.17, 15) is 10.5 Å². The Balaban J connectivity index is 1.41. The first-order chi connectivity index (χ1) is 27.7. The van der Waals surface area contributed by atoms with Gasteiger partial charge in [0.2, 0.25) is 0 Å². The van der Waals surface area contributed by atoms with Gasteiger partial charge in [0.15, 0.2) is 23.0 Å². The number of fused-ring (bicyclic) bond motifs is 4. The molecule has 268 valence electrons. The number of rotatable bonds is 5. The molecule has 0 atom stereocenters. The zero-order chi connectivity index (χ0) is 37.6. The average Bonchev–Trinajstić information content (AvgIpc) is 3.27. The van der Waals surface area contributed by atoms with Crippen molar-refractivity contribution in [2.45, 2.75) is 38.0 Å². The van der Waals surface area contributed by atoms with Gasteiger partial charge in [-0.2, -0.15) is 10.5 Å². The monoisotopic (exact) mass is 724 g/mol. The van der Waals surface area contributed by atoms with E-state index >= 15 is 0 Å². The molecule has 0 unspecified atom stereocenters. The molecule has 7 aromatic rings. The number of nitrogens with zero attached hydrogens (tertiary/aromatic N) is 4. The van der Waals surface area contributed by atoms with Crippen LogP contribution in [-0.4, -0.2) is 0 Å². The first kappa shape index (κ1) is 33.3. The van der Waals surface area contributed by atoms with E-state index in [0.717, 1.165) is 105 Å². The molecule has 7 aromatic carbocycles. The van der Waals surface area contributed by atoms with Gasteiger partial charge in [0.1, 0.15) is 0 Å². The summed E-state index contributed by atoms with van der Waals surface area (Å²) in [7, 11) is 0. The molecular weight excluding hydrogens is 689 g/mol. The molecule has 0 amide bonds. The van der Waals surface area contributed by atoms with Crippen LogP contribution in [0.4, 0.5) is 34.1 Å². The van der Waals surface area contributed by atoms with Crippen molar-refractivity contribution in [1.82, 2.24) is 0 Å². The van der Waals surface area contributed by atoms with E-state index < -0.39 is 0 Å². The minimum absolute atomic E-state index is 0.202. The summed E-state index contributed by atoms with van der Waals surface area (Å²) in [4.78, 5) is 4.83.